The first-order chi connectivity index (χ1) is 25.2. The number of methoxy groups -OCH3 is 1. The molecule has 0 radical (unpaired) electrons. The second-order valence-electron chi connectivity index (χ2n) is 16.3. The number of carbonyl (C=O) groups excluding carboxylic acids is 4. The quantitative estimate of drug-likeness (QED) is 0.125. The standard InChI is InChI=1S/C40H61N5O8/c1-24(2)12-17-32-39(5,53-32)35-34(50-6)31(18-19-40(35)23-51-40)52-38(49)44-28-15-13-27(14-16-28)43-33(46)22-42-37(48)30(20-25(3)4)45-36(47)29(41)21-26-10-8-7-9-11-26/h7-12,25,27-32,34-35H,13-23,41H2,1-6H3,(H,42,48)(H,43,46)(H,44,49)(H,45,47)/t27?,28?,29-,30-,31?,32+,34?,35?,39?,40-/m0/s1. The zero-order valence-corrected chi connectivity index (χ0v) is 32.3. The molecule has 1 aromatic rings. The van der Waals surface area contributed by atoms with Crippen LogP contribution in [-0.4, -0.2) is 97.8 Å². The molecule has 8 atom stereocenters. The van der Waals surface area contributed by atoms with Crippen LogP contribution >= 0.6 is 0 Å². The molecular weight excluding hydrogens is 678 g/mol. The lowest BCUT2D eigenvalue weighted by atomic mass is 9.68. The lowest BCUT2D eigenvalue weighted by Crippen LogP contribution is -2.56. The van der Waals surface area contributed by atoms with Gasteiger partial charge in [0, 0.05) is 19.2 Å². The van der Waals surface area contributed by atoms with Crippen LogP contribution in [0.3, 0.4) is 0 Å². The maximum atomic E-state index is 13.1. The second kappa shape index (κ2) is 17.7. The van der Waals surface area contributed by atoms with Gasteiger partial charge in [0.2, 0.25) is 17.7 Å². The average Bonchev–Trinajstić information content (AvgIpc) is 4.04. The van der Waals surface area contributed by atoms with E-state index in [4.69, 9.17) is 24.7 Å². The van der Waals surface area contributed by atoms with Gasteiger partial charge in [0.25, 0.3) is 0 Å². The van der Waals surface area contributed by atoms with Gasteiger partial charge in [0.1, 0.15) is 29.5 Å². The van der Waals surface area contributed by atoms with Gasteiger partial charge in [-0.15, -0.1) is 0 Å². The number of nitrogens with one attached hydrogen (secondary N) is 4. The Bertz CT molecular complexity index is 1460. The molecular formula is C40H61N5O8. The third-order valence-electron chi connectivity index (χ3n) is 11.3. The highest BCUT2D eigenvalue weighted by Gasteiger charge is 2.72. The van der Waals surface area contributed by atoms with E-state index < -0.39 is 41.7 Å². The van der Waals surface area contributed by atoms with Crippen molar-refractivity contribution in [2.24, 2.45) is 17.6 Å². The summed E-state index contributed by atoms with van der Waals surface area (Å²) in [7, 11) is 1.66. The number of carbonyl (C=O) groups is 4. The van der Waals surface area contributed by atoms with Crippen molar-refractivity contribution in [3.05, 3.63) is 47.5 Å². The Morgan fingerprint density at radius 2 is 1.66 bits per heavy atom. The number of amides is 4. The van der Waals surface area contributed by atoms with Crippen molar-refractivity contribution < 1.29 is 38.1 Å². The van der Waals surface area contributed by atoms with Crippen LogP contribution in [0.2, 0.25) is 0 Å². The Labute approximate surface area is 314 Å². The first-order valence-electron chi connectivity index (χ1n) is 19.3. The summed E-state index contributed by atoms with van der Waals surface area (Å²) in [4.78, 5) is 51.9. The Morgan fingerprint density at radius 3 is 2.26 bits per heavy atom. The fraction of sp³-hybridized carbons (Fsp3) is 0.700. The number of hydrogen-bond acceptors (Lipinski definition) is 9. The topological polar surface area (TPSA) is 186 Å². The molecule has 13 heteroatoms. The van der Waals surface area contributed by atoms with E-state index in [1.807, 2.05) is 44.2 Å². The minimum atomic E-state index is -0.810. The van der Waals surface area contributed by atoms with Crippen LogP contribution in [0.25, 0.3) is 0 Å². The molecule has 2 aliphatic heterocycles. The lowest BCUT2D eigenvalue weighted by molar-refractivity contribution is -0.131. The average molecular weight is 740 g/mol. The Morgan fingerprint density at radius 1 is 1.00 bits per heavy atom. The molecule has 53 heavy (non-hydrogen) atoms. The summed E-state index contributed by atoms with van der Waals surface area (Å²) in [5.74, 6) is -1.07. The Balaban J connectivity index is 1.03. The van der Waals surface area contributed by atoms with Crippen LogP contribution in [0.5, 0.6) is 0 Å². The highest BCUT2D eigenvalue weighted by Crippen LogP contribution is 2.59. The van der Waals surface area contributed by atoms with Crippen molar-refractivity contribution in [3.63, 3.8) is 0 Å². The number of alkyl carbamates (subject to hydrolysis) is 1. The van der Waals surface area contributed by atoms with E-state index in [-0.39, 0.29) is 54.2 Å². The molecule has 0 bridgehead atoms. The minimum Gasteiger partial charge on any atom is -0.443 e. The van der Waals surface area contributed by atoms with E-state index in [0.29, 0.717) is 51.6 Å². The first-order valence-corrected chi connectivity index (χ1v) is 19.3. The maximum Gasteiger partial charge on any atom is 0.407 e. The number of allylic oxidation sites excluding steroid dienone is 1. The second-order valence-corrected chi connectivity index (χ2v) is 16.3. The van der Waals surface area contributed by atoms with E-state index in [1.54, 1.807) is 7.11 Å². The van der Waals surface area contributed by atoms with Gasteiger partial charge in [-0.05, 0) is 90.0 Å². The van der Waals surface area contributed by atoms with Crippen LogP contribution in [0.15, 0.2) is 42.0 Å². The number of nitrogens with two attached hydrogens (primary N) is 1. The molecule has 0 aromatic heterocycles. The van der Waals surface area contributed by atoms with Crippen molar-refractivity contribution in [1.29, 1.82) is 0 Å². The number of ether oxygens (including phenoxy) is 4. The molecule has 2 heterocycles. The molecule has 294 valence electrons. The molecule has 2 saturated carbocycles. The molecule has 4 aliphatic rings. The van der Waals surface area contributed by atoms with Crippen molar-refractivity contribution in [2.75, 3.05) is 20.3 Å². The zero-order valence-electron chi connectivity index (χ0n) is 32.3. The monoisotopic (exact) mass is 739 g/mol. The SMILES string of the molecule is COC1C(OC(=O)NC2CCC(NC(=O)CNC(=O)[C@H](CC(C)C)NC(=O)[C@@H](N)Cc3ccccc3)CC2)CC[C@]2(CO2)C1C1(C)O[C@@H]1CC=C(C)C. The third-order valence-corrected chi connectivity index (χ3v) is 11.3. The van der Waals surface area contributed by atoms with E-state index in [1.165, 1.54) is 5.57 Å². The summed E-state index contributed by atoms with van der Waals surface area (Å²) in [6, 6.07) is 7.68. The normalized spacial score (nSPS) is 31.5. The summed E-state index contributed by atoms with van der Waals surface area (Å²) in [6.07, 6.45) is 6.74. The largest absolute Gasteiger partial charge is 0.443 e. The van der Waals surface area contributed by atoms with Gasteiger partial charge >= 0.3 is 6.09 Å². The first kappa shape index (κ1) is 40.7. The van der Waals surface area contributed by atoms with Gasteiger partial charge in [0.15, 0.2) is 0 Å². The lowest BCUT2D eigenvalue weighted by Gasteiger charge is -2.42. The van der Waals surface area contributed by atoms with Crippen molar-refractivity contribution >= 4 is 23.8 Å². The Hall–Kier alpha value is -3.52. The summed E-state index contributed by atoms with van der Waals surface area (Å²) >= 11 is 0. The molecule has 2 aliphatic carbocycles. The molecule has 6 N–H and O–H groups in total. The van der Waals surface area contributed by atoms with Gasteiger partial charge < -0.3 is 45.9 Å². The summed E-state index contributed by atoms with van der Waals surface area (Å²) in [5, 5.41) is 11.5. The van der Waals surface area contributed by atoms with Crippen molar-refractivity contribution in [3.8, 4) is 0 Å². The van der Waals surface area contributed by atoms with E-state index in [2.05, 4.69) is 48.1 Å². The summed E-state index contributed by atoms with van der Waals surface area (Å²) in [5.41, 5.74) is 7.63. The molecule has 4 unspecified atom stereocenters. The maximum absolute atomic E-state index is 13.1. The smallest absolute Gasteiger partial charge is 0.407 e. The van der Waals surface area contributed by atoms with Crippen LogP contribution in [0, 0.1) is 11.8 Å². The van der Waals surface area contributed by atoms with Crippen LogP contribution in [0.1, 0.15) is 91.5 Å². The van der Waals surface area contributed by atoms with Gasteiger partial charge in [-0.1, -0.05) is 55.8 Å². The highest BCUT2D eigenvalue weighted by molar-refractivity contribution is 5.92. The van der Waals surface area contributed by atoms with Gasteiger partial charge in [-0.2, -0.15) is 0 Å². The zero-order chi connectivity index (χ0) is 38.3. The number of rotatable bonds is 16. The van der Waals surface area contributed by atoms with Crippen LogP contribution in [0.4, 0.5) is 4.79 Å². The summed E-state index contributed by atoms with van der Waals surface area (Å²) < 4.78 is 24.3. The molecule has 2 saturated heterocycles. The predicted octanol–water partition coefficient (Wildman–Crippen LogP) is 3.43. The number of benzene rings is 1. The number of epoxide rings is 2. The number of hydrogen-bond donors (Lipinski definition) is 5. The Kier molecular flexibility index (Phi) is 13.6. The molecule has 4 amide bonds. The third kappa shape index (κ3) is 10.8. The fourth-order valence-electron chi connectivity index (χ4n) is 8.30. The molecule has 1 aromatic carbocycles. The van der Waals surface area contributed by atoms with Crippen LogP contribution < -0.4 is 27.0 Å². The minimum absolute atomic E-state index is 0.0472. The summed E-state index contributed by atoms with van der Waals surface area (Å²) in [6.45, 7) is 10.7. The molecule has 4 fully saturated rings. The van der Waals surface area contributed by atoms with E-state index in [9.17, 15) is 19.2 Å². The van der Waals surface area contributed by atoms with Crippen molar-refractivity contribution in [2.45, 2.75) is 146 Å². The van der Waals surface area contributed by atoms with Gasteiger partial charge in [-0.3, -0.25) is 14.4 Å². The molecule has 13 nitrogen and oxygen atoms in total. The predicted molar refractivity (Wildman–Crippen MR) is 200 cm³/mol. The van der Waals surface area contributed by atoms with Crippen LogP contribution in [-0.2, 0) is 39.8 Å². The van der Waals surface area contributed by atoms with Crippen molar-refractivity contribution in [1.82, 2.24) is 21.3 Å². The van der Waals surface area contributed by atoms with E-state index >= 15 is 0 Å². The van der Waals surface area contributed by atoms with Gasteiger partial charge in [0.05, 0.1) is 31.2 Å². The van der Waals surface area contributed by atoms with E-state index in [0.717, 1.165) is 18.4 Å². The molecule has 1 spiro atoms. The van der Waals surface area contributed by atoms with Gasteiger partial charge in [-0.25, -0.2) is 4.79 Å². The highest BCUT2D eigenvalue weighted by atomic mass is 16.6. The molecule has 5 rings (SSSR count). The fourth-order valence-corrected chi connectivity index (χ4v) is 8.30.